The van der Waals surface area contributed by atoms with Crippen LogP contribution in [-0.2, 0) is 18.5 Å². The molecule has 0 aliphatic heterocycles. The van der Waals surface area contributed by atoms with Crippen molar-refractivity contribution in [1.29, 1.82) is 0 Å². The Morgan fingerprint density at radius 3 is 0.919 bits per heavy atom. The van der Waals surface area contributed by atoms with Crippen molar-refractivity contribution in [2.75, 3.05) is 14.9 Å². The molecule has 7 heteroatoms. The topological polar surface area (TPSA) is 36.1 Å². The summed E-state index contributed by atoms with van der Waals surface area (Å²) in [6.07, 6.45) is 3.35. The first-order valence-electron chi connectivity index (χ1n) is 13.5. The first-order valence-corrected chi connectivity index (χ1v) is 25.9. The minimum absolute atomic E-state index is 0.337. The smallest absolute Gasteiger partial charge is 0.144 e. The van der Waals surface area contributed by atoms with Gasteiger partial charge in [0.2, 0.25) is 0 Å². The Morgan fingerprint density at radius 2 is 0.676 bits per heavy atom. The van der Waals surface area contributed by atoms with Gasteiger partial charge in [0, 0.05) is 17.1 Å². The summed E-state index contributed by atoms with van der Waals surface area (Å²) in [7, 11) is -4.70. The quantitative estimate of drug-likeness (QED) is 0.151. The van der Waals surface area contributed by atoms with E-state index in [0.29, 0.717) is 0 Å². The van der Waals surface area contributed by atoms with E-state index in [4.69, 9.17) is 0 Å². The number of para-hydroxylation sites is 3. The molecule has 3 rings (SSSR count). The fraction of sp³-hybridized carbons (Fsp3) is 0.400. The molecule has 3 N–H and O–H groups in total. The Morgan fingerprint density at radius 1 is 0.432 bits per heavy atom. The third-order valence-corrected chi connectivity index (χ3v) is 11.2. The molecule has 37 heavy (non-hydrogen) atoms. The highest BCUT2D eigenvalue weighted by atomic mass is 31.1. The zero-order valence-corrected chi connectivity index (χ0v) is 28.4. The Bertz CT molecular complexity index is 1020. The minimum Gasteiger partial charge on any atom is -0.411 e. The highest BCUT2D eigenvalue weighted by molar-refractivity contribution is 7.55. The van der Waals surface area contributed by atoms with E-state index in [1.807, 2.05) is 0 Å². The molecule has 0 saturated carbocycles. The first kappa shape index (κ1) is 29.7. The van der Waals surface area contributed by atoms with Crippen molar-refractivity contribution in [2.45, 2.75) is 77.4 Å². The van der Waals surface area contributed by atoms with Crippen LogP contribution in [0.2, 0.25) is 58.9 Å². The van der Waals surface area contributed by atoms with E-state index in [1.165, 1.54) is 33.8 Å². The van der Waals surface area contributed by atoms with E-state index >= 15 is 0 Å². The van der Waals surface area contributed by atoms with Crippen LogP contribution in [-0.4, -0.2) is 24.7 Å². The summed E-state index contributed by atoms with van der Waals surface area (Å²) in [5.74, 6) is 0. The van der Waals surface area contributed by atoms with Gasteiger partial charge in [0.05, 0.1) is 0 Å². The molecule has 0 amide bonds. The lowest BCUT2D eigenvalue weighted by Crippen LogP contribution is -2.32. The maximum Gasteiger partial charge on any atom is 0.144 e. The Hall–Kier alpha value is -1.86. The zero-order chi connectivity index (χ0) is 27.3. The van der Waals surface area contributed by atoms with Gasteiger partial charge >= 0.3 is 0 Å². The lowest BCUT2D eigenvalue weighted by atomic mass is 10.2. The largest absolute Gasteiger partial charge is 0.411 e. The van der Waals surface area contributed by atoms with Crippen molar-refractivity contribution in [3.8, 4) is 0 Å². The number of benzene rings is 3. The van der Waals surface area contributed by atoms with Gasteiger partial charge < -0.3 is 14.9 Å². The number of hydrogen-bond donors (Lipinski definition) is 3. The Labute approximate surface area is 230 Å². The number of rotatable bonds is 12. The van der Waals surface area contributed by atoms with Crippen LogP contribution in [0.15, 0.2) is 72.8 Å². The molecular weight excluding hydrogens is 518 g/mol. The van der Waals surface area contributed by atoms with Gasteiger partial charge in [-0.15, -0.1) is 0 Å². The fourth-order valence-electron chi connectivity index (χ4n) is 4.44. The van der Waals surface area contributed by atoms with Crippen LogP contribution in [0, 0.1) is 0 Å². The molecular formula is C30H48N3PSi3. The van der Waals surface area contributed by atoms with Crippen LogP contribution in [0.5, 0.6) is 0 Å². The molecule has 3 nitrogen and oxygen atoms in total. The molecule has 0 radical (unpaired) electrons. The molecule has 0 aliphatic carbocycles. The first-order chi connectivity index (χ1) is 17.2. The van der Waals surface area contributed by atoms with E-state index in [9.17, 15) is 0 Å². The summed E-state index contributed by atoms with van der Waals surface area (Å²) in [5, 5.41) is 0. The highest BCUT2D eigenvalue weighted by Crippen LogP contribution is 2.50. The van der Waals surface area contributed by atoms with Gasteiger partial charge in [0.15, 0.2) is 0 Å². The second-order valence-corrected chi connectivity index (χ2v) is 29.8. The summed E-state index contributed by atoms with van der Waals surface area (Å²) >= 11 is 0. The summed E-state index contributed by atoms with van der Waals surface area (Å²) in [6.45, 7) is 21.4. The van der Waals surface area contributed by atoms with E-state index < -0.39 is 24.7 Å². The molecule has 0 unspecified atom stereocenters. The maximum atomic E-state index is 3.90. The van der Waals surface area contributed by atoms with Crippen molar-refractivity contribution in [3.05, 3.63) is 89.5 Å². The third-order valence-electron chi connectivity index (χ3n) is 5.76. The van der Waals surface area contributed by atoms with Crippen molar-refractivity contribution >= 4 is 49.7 Å². The average molecular weight is 566 g/mol. The molecule has 0 aliphatic rings. The predicted molar refractivity (Wildman–Crippen MR) is 178 cm³/mol. The van der Waals surface area contributed by atoms with Crippen molar-refractivity contribution < 1.29 is 0 Å². The van der Waals surface area contributed by atoms with E-state index in [2.05, 4.69) is 147 Å². The third kappa shape index (κ3) is 10.4. The van der Waals surface area contributed by atoms with Crippen LogP contribution < -0.4 is 14.9 Å². The molecule has 0 spiro atoms. The van der Waals surface area contributed by atoms with Crippen molar-refractivity contribution in [3.63, 3.8) is 0 Å². The standard InChI is InChI=1S/C30H48N3PSi3/c1-35(2,3)31-28-19-13-10-16-25(28)22-34(23-26-17-11-14-20-29(26)32-36(4,5)6)24-27-18-12-15-21-30(27)33-37(7,8)9/h10-21,31-33H,22-24H2,1-9H3. The second kappa shape index (κ2) is 12.3. The summed E-state index contributed by atoms with van der Waals surface area (Å²) < 4.78 is 0. The molecule has 3 aromatic rings. The molecule has 0 fully saturated rings. The van der Waals surface area contributed by atoms with Gasteiger partial charge in [0.25, 0.3) is 0 Å². The predicted octanol–water partition coefficient (Wildman–Crippen LogP) is 9.81. The molecule has 0 heterocycles. The lowest BCUT2D eigenvalue weighted by molar-refractivity contribution is 1.26. The van der Waals surface area contributed by atoms with Gasteiger partial charge in [-0.3, -0.25) is 0 Å². The molecule has 200 valence electrons. The molecule has 3 aromatic carbocycles. The van der Waals surface area contributed by atoms with E-state index in [-0.39, 0.29) is 7.92 Å². The summed E-state index contributed by atoms with van der Waals surface area (Å²) in [5.41, 5.74) is 8.37. The van der Waals surface area contributed by atoms with Gasteiger partial charge in [0.1, 0.15) is 24.7 Å². The van der Waals surface area contributed by atoms with E-state index in [1.54, 1.807) is 0 Å². The normalized spacial score (nSPS) is 12.5. The Balaban J connectivity index is 1.98. The van der Waals surface area contributed by atoms with Gasteiger partial charge in [-0.2, -0.15) is 0 Å². The van der Waals surface area contributed by atoms with Gasteiger partial charge in [-0.05, 0) is 53.4 Å². The zero-order valence-electron chi connectivity index (χ0n) is 24.5. The van der Waals surface area contributed by atoms with Crippen LogP contribution >= 0.6 is 7.92 Å². The molecule has 0 saturated heterocycles. The SMILES string of the molecule is C[Si](C)(C)Nc1ccccc1CP(Cc1ccccc1N[Si](C)(C)C)Cc1ccccc1N[Si](C)(C)C. The second-order valence-electron chi connectivity index (χ2n) is 13.2. The number of hydrogen-bond acceptors (Lipinski definition) is 3. The van der Waals surface area contributed by atoms with Crippen molar-refractivity contribution in [2.24, 2.45) is 0 Å². The van der Waals surface area contributed by atoms with Crippen LogP contribution in [0.3, 0.4) is 0 Å². The summed E-state index contributed by atoms with van der Waals surface area (Å²) in [4.78, 5) is 11.7. The minimum atomic E-state index is -1.45. The number of anilines is 3. The molecule has 0 atom stereocenters. The maximum absolute atomic E-state index is 3.90. The van der Waals surface area contributed by atoms with Gasteiger partial charge in [-0.1, -0.05) is 121 Å². The van der Waals surface area contributed by atoms with Crippen LogP contribution in [0.4, 0.5) is 17.1 Å². The summed E-state index contributed by atoms with van der Waals surface area (Å²) in [6, 6.07) is 27.0. The van der Waals surface area contributed by atoms with Crippen molar-refractivity contribution in [1.82, 2.24) is 0 Å². The molecule has 0 bridgehead atoms. The number of nitrogens with one attached hydrogen (secondary N) is 3. The van der Waals surface area contributed by atoms with Crippen LogP contribution in [0.1, 0.15) is 16.7 Å². The fourth-order valence-corrected chi connectivity index (χ4v) is 10.2. The van der Waals surface area contributed by atoms with E-state index in [0.717, 1.165) is 18.5 Å². The highest BCUT2D eigenvalue weighted by Gasteiger charge is 2.22. The Kier molecular flexibility index (Phi) is 9.90. The monoisotopic (exact) mass is 565 g/mol. The molecule has 0 aromatic heterocycles. The average Bonchev–Trinajstić information content (AvgIpc) is 2.75. The van der Waals surface area contributed by atoms with Crippen LogP contribution in [0.25, 0.3) is 0 Å². The lowest BCUT2D eigenvalue weighted by Gasteiger charge is -2.28. The van der Waals surface area contributed by atoms with Gasteiger partial charge in [-0.25, -0.2) is 0 Å².